The molecule has 0 bridgehead atoms. The lowest BCUT2D eigenvalue weighted by Gasteiger charge is -2.37. The van der Waals surface area contributed by atoms with E-state index in [9.17, 15) is 13.2 Å². The number of rotatable bonds is 4. The topological polar surface area (TPSA) is 75.3 Å². The average molecular weight is 338 g/mol. The van der Waals surface area contributed by atoms with Crippen LogP contribution in [0.5, 0.6) is 0 Å². The van der Waals surface area contributed by atoms with Crippen molar-refractivity contribution in [2.75, 3.05) is 11.6 Å². The Bertz CT molecular complexity index is 662. The maximum absolute atomic E-state index is 12.2. The second-order valence-corrected chi connectivity index (χ2v) is 9.23. The first-order valence-electron chi connectivity index (χ1n) is 8.01. The van der Waals surface area contributed by atoms with E-state index in [1.54, 1.807) is 24.3 Å². The zero-order valence-corrected chi connectivity index (χ0v) is 14.9. The summed E-state index contributed by atoms with van der Waals surface area (Å²) in [5, 5.41) is 5.87. The number of carbonyl (C=O) groups is 1. The van der Waals surface area contributed by atoms with Crippen LogP contribution in [0.2, 0.25) is 0 Å². The minimum Gasteiger partial charge on any atom is -0.333 e. The van der Waals surface area contributed by atoms with Gasteiger partial charge >= 0.3 is 6.03 Å². The van der Waals surface area contributed by atoms with Crippen LogP contribution in [0.1, 0.15) is 45.1 Å². The van der Waals surface area contributed by atoms with Crippen molar-refractivity contribution in [1.29, 1.82) is 0 Å². The van der Waals surface area contributed by atoms with Crippen LogP contribution >= 0.6 is 0 Å². The van der Waals surface area contributed by atoms with Crippen molar-refractivity contribution in [2.24, 2.45) is 5.92 Å². The van der Waals surface area contributed by atoms with Crippen molar-refractivity contribution in [1.82, 2.24) is 5.32 Å². The second-order valence-electron chi connectivity index (χ2n) is 7.09. The smallest absolute Gasteiger partial charge is 0.319 e. The van der Waals surface area contributed by atoms with E-state index in [1.165, 1.54) is 6.26 Å². The summed E-state index contributed by atoms with van der Waals surface area (Å²) in [4.78, 5) is 12.2. The number of amides is 2. The fourth-order valence-corrected chi connectivity index (χ4v) is 3.79. The van der Waals surface area contributed by atoms with Gasteiger partial charge in [0, 0.05) is 17.5 Å². The van der Waals surface area contributed by atoms with Gasteiger partial charge in [0.1, 0.15) is 0 Å². The fraction of sp³-hybridized carbons (Fsp3) is 0.588. The van der Waals surface area contributed by atoms with Crippen LogP contribution in [-0.2, 0) is 15.6 Å². The number of carbonyl (C=O) groups excluding carboxylic acids is 1. The number of urea groups is 1. The highest BCUT2D eigenvalue weighted by Gasteiger charge is 2.30. The summed E-state index contributed by atoms with van der Waals surface area (Å²) in [7, 11) is -3.09. The van der Waals surface area contributed by atoms with Gasteiger partial charge in [0.2, 0.25) is 0 Å². The number of hydrogen-bond acceptors (Lipinski definition) is 3. The summed E-state index contributed by atoms with van der Waals surface area (Å²) < 4.78 is 22.7. The Hall–Kier alpha value is -1.56. The molecule has 2 rings (SSSR count). The summed E-state index contributed by atoms with van der Waals surface area (Å²) in [6.07, 6.45) is 5.41. The Balaban J connectivity index is 1.96. The zero-order valence-electron chi connectivity index (χ0n) is 14.1. The van der Waals surface area contributed by atoms with Crippen LogP contribution in [-0.4, -0.2) is 26.2 Å². The van der Waals surface area contributed by atoms with Crippen molar-refractivity contribution in [3.63, 3.8) is 0 Å². The average Bonchev–Trinajstić information content (AvgIpc) is 2.40. The van der Waals surface area contributed by atoms with Gasteiger partial charge in [-0.15, -0.1) is 0 Å². The number of nitrogens with one attached hydrogen (secondary N) is 2. The zero-order chi connectivity index (χ0) is 17.1. The van der Waals surface area contributed by atoms with E-state index >= 15 is 0 Å². The molecule has 2 N–H and O–H groups in total. The molecule has 23 heavy (non-hydrogen) atoms. The molecule has 0 aromatic heterocycles. The van der Waals surface area contributed by atoms with Gasteiger partial charge < -0.3 is 10.6 Å². The van der Waals surface area contributed by atoms with Crippen LogP contribution in [0.4, 0.5) is 10.5 Å². The third-order valence-electron chi connectivity index (χ3n) is 4.41. The van der Waals surface area contributed by atoms with Crippen molar-refractivity contribution >= 4 is 21.6 Å². The number of sulfone groups is 1. The quantitative estimate of drug-likeness (QED) is 0.884. The summed E-state index contributed by atoms with van der Waals surface area (Å²) in [6, 6.07) is 6.72. The van der Waals surface area contributed by atoms with Gasteiger partial charge in [-0.05, 0) is 56.2 Å². The molecule has 1 aromatic rings. The highest BCUT2D eigenvalue weighted by Crippen LogP contribution is 2.31. The molecule has 1 aromatic carbocycles. The molecular weight excluding hydrogens is 312 g/mol. The van der Waals surface area contributed by atoms with Gasteiger partial charge in [0.05, 0.1) is 5.75 Å². The highest BCUT2D eigenvalue weighted by atomic mass is 32.2. The van der Waals surface area contributed by atoms with Crippen molar-refractivity contribution < 1.29 is 13.2 Å². The molecule has 2 amide bonds. The van der Waals surface area contributed by atoms with Crippen molar-refractivity contribution in [3.8, 4) is 0 Å². The van der Waals surface area contributed by atoms with Gasteiger partial charge in [-0.3, -0.25) is 0 Å². The Morgan fingerprint density at radius 1 is 1.30 bits per heavy atom. The minimum absolute atomic E-state index is 0.0280. The minimum atomic E-state index is -3.09. The molecule has 5 nitrogen and oxygen atoms in total. The molecular formula is C17H26N2O3S. The van der Waals surface area contributed by atoms with E-state index in [2.05, 4.69) is 24.5 Å². The third kappa shape index (κ3) is 5.86. The SMILES string of the molecule is CC1CCC(C)(NC(=O)Nc2cccc(CS(C)(=O)=O)c2)CC1. The van der Waals surface area contributed by atoms with Gasteiger partial charge in [-0.25, -0.2) is 13.2 Å². The maximum Gasteiger partial charge on any atom is 0.319 e. The van der Waals surface area contributed by atoms with Crippen LogP contribution in [0.25, 0.3) is 0 Å². The van der Waals surface area contributed by atoms with Gasteiger partial charge in [0.25, 0.3) is 0 Å². The van der Waals surface area contributed by atoms with E-state index in [4.69, 9.17) is 0 Å². The van der Waals surface area contributed by atoms with E-state index < -0.39 is 9.84 Å². The molecule has 0 heterocycles. The summed E-state index contributed by atoms with van der Waals surface area (Å²) >= 11 is 0. The van der Waals surface area contributed by atoms with Crippen molar-refractivity contribution in [3.05, 3.63) is 29.8 Å². The summed E-state index contributed by atoms with van der Waals surface area (Å²) in [5.74, 6) is 0.695. The van der Waals surface area contributed by atoms with Gasteiger partial charge in [-0.2, -0.15) is 0 Å². The highest BCUT2D eigenvalue weighted by molar-refractivity contribution is 7.89. The normalized spacial score (nSPS) is 24.9. The number of anilines is 1. The summed E-state index contributed by atoms with van der Waals surface area (Å²) in [6.45, 7) is 4.32. The largest absolute Gasteiger partial charge is 0.333 e. The molecule has 0 unspecified atom stereocenters. The second kappa shape index (κ2) is 6.91. The number of benzene rings is 1. The predicted molar refractivity (Wildman–Crippen MR) is 93.2 cm³/mol. The Morgan fingerprint density at radius 2 is 1.96 bits per heavy atom. The Morgan fingerprint density at radius 3 is 2.57 bits per heavy atom. The molecule has 1 fully saturated rings. The van der Waals surface area contributed by atoms with E-state index in [0.29, 0.717) is 11.3 Å². The van der Waals surface area contributed by atoms with Crippen LogP contribution in [0, 0.1) is 5.92 Å². The molecule has 1 aliphatic rings. The maximum atomic E-state index is 12.2. The molecule has 0 aliphatic heterocycles. The lowest BCUT2D eigenvalue weighted by molar-refractivity contribution is 0.204. The molecule has 0 radical (unpaired) electrons. The van der Waals surface area contributed by atoms with Crippen LogP contribution < -0.4 is 10.6 Å². The Kier molecular flexibility index (Phi) is 5.34. The Labute approximate surface area is 138 Å². The van der Waals surface area contributed by atoms with Gasteiger partial charge in [0.15, 0.2) is 9.84 Å². The summed E-state index contributed by atoms with van der Waals surface area (Å²) in [5.41, 5.74) is 1.11. The first kappa shape index (κ1) is 17.8. The predicted octanol–water partition coefficient (Wildman–Crippen LogP) is 3.32. The standard InChI is InChI=1S/C17H26N2O3S/c1-13-7-9-17(2,10-8-13)19-16(20)18-15-6-4-5-14(11-15)12-23(3,21)22/h4-6,11,13H,7-10,12H2,1-3H3,(H2,18,19,20). The van der Waals surface area contributed by atoms with Crippen LogP contribution in [0.15, 0.2) is 24.3 Å². The van der Waals surface area contributed by atoms with Crippen LogP contribution in [0.3, 0.4) is 0 Å². The first-order chi connectivity index (χ1) is 10.7. The molecule has 128 valence electrons. The molecule has 0 atom stereocenters. The number of hydrogen-bond donors (Lipinski definition) is 2. The lowest BCUT2D eigenvalue weighted by atomic mass is 9.78. The van der Waals surface area contributed by atoms with E-state index in [0.717, 1.165) is 31.6 Å². The molecule has 1 saturated carbocycles. The van der Waals surface area contributed by atoms with Crippen molar-refractivity contribution in [2.45, 2.75) is 50.8 Å². The molecule has 1 aliphatic carbocycles. The van der Waals surface area contributed by atoms with Gasteiger partial charge in [-0.1, -0.05) is 19.1 Å². The fourth-order valence-electron chi connectivity index (χ4n) is 3.00. The molecule has 0 saturated heterocycles. The lowest BCUT2D eigenvalue weighted by Crippen LogP contribution is -2.49. The monoisotopic (exact) mass is 338 g/mol. The third-order valence-corrected chi connectivity index (χ3v) is 5.26. The molecule has 0 spiro atoms. The first-order valence-corrected chi connectivity index (χ1v) is 10.1. The van der Waals surface area contributed by atoms with E-state index in [-0.39, 0.29) is 17.3 Å². The molecule has 6 heteroatoms. The van der Waals surface area contributed by atoms with E-state index in [1.807, 2.05) is 0 Å².